The third-order valence-corrected chi connectivity index (χ3v) is 10.7. The molecule has 0 atom stereocenters. The van der Waals surface area contributed by atoms with Gasteiger partial charge in [-0.2, -0.15) is 0 Å². The second kappa shape index (κ2) is 10.8. The van der Waals surface area contributed by atoms with Crippen LogP contribution < -0.4 is 4.90 Å². The van der Waals surface area contributed by atoms with Crippen LogP contribution in [-0.2, 0) is 9.47 Å². The average molecular weight is 597 g/mol. The van der Waals surface area contributed by atoms with Crippen LogP contribution in [0.1, 0.15) is 10.0 Å². The van der Waals surface area contributed by atoms with Gasteiger partial charge in [0, 0.05) is 0 Å². The first-order valence-electron chi connectivity index (χ1n) is 12.0. The van der Waals surface area contributed by atoms with Crippen molar-refractivity contribution in [2.75, 3.05) is 57.5 Å². The Hall–Kier alpha value is -2.31. The van der Waals surface area contributed by atoms with E-state index in [1.165, 1.54) is 29.5 Å². The molecule has 0 radical (unpaired) electrons. The van der Waals surface area contributed by atoms with Crippen molar-refractivity contribution in [2.24, 2.45) is 4.99 Å². The van der Waals surface area contributed by atoms with Gasteiger partial charge >= 0.3 is 219 Å². The van der Waals surface area contributed by atoms with Crippen molar-refractivity contribution in [3.05, 3.63) is 75.1 Å². The van der Waals surface area contributed by atoms with Crippen molar-refractivity contribution >= 4 is 50.7 Å². The molecule has 6 rings (SSSR count). The molecule has 0 amide bonds. The topological polar surface area (TPSA) is 50.0 Å². The normalized spacial score (nSPS) is 19.9. The molecular weight excluding hydrogens is 570 g/mol. The Labute approximate surface area is 217 Å². The van der Waals surface area contributed by atoms with Gasteiger partial charge in [0.15, 0.2) is 0 Å². The number of hydrogen-bond donors (Lipinski definition) is 0. The molecule has 2 aromatic carbocycles. The Morgan fingerprint density at radius 2 is 1.49 bits per heavy atom. The molecule has 0 aliphatic carbocycles. The molecule has 0 unspecified atom stereocenters. The maximum absolute atomic E-state index is 5.59. The zero-order valence-corrected chi connectivity index (χ0v) is 22.9. The van der Waals surface area contributed by atoms with Crippen LogP contribution in [0.15, 0.2) is 70.1 Å². The van der Waals surface area contributed by atoms with Gasteiger partial charge in [0.25, 0.3) is 0 Å². The summed E-state index contributed by atoms with van der Waals surface area (Å²) < 4.78 is 18.7. The van der Waals surface area contributed by atoms with Gasteiger partial charge in [-0.15, -0.1) is 0 Å². The molecule has 35 heavy (non-hydrogen) atoms. The number of benzene rings is 2. The summed E-state index contributed by atoms with van der Waals surface area (Å²) in [6.07, 6.45) is 2.42. The van der Waals surface area contributed by atoms with Crippen LogP contribution in [0.2, 0.25) is 0 Å². The number of allylic oxidation sites excluding steroid dienone is 1. The molecule has 2 fully saturated rings. The second-order valence-electron chi connectivity index (χ2n) is 8.49. The molecule has 4 heterocycles. The van der Waals surface area contributed by atoms with Crippen LogP contribution in [0.5, 0.6) is 0 Å². The van der Waals surface area contributed by atoms with Gasteiger partial charge in [0.2, 0.25) is 0 Å². The number of rotatable bonds is 4. The Balaban J connectivity index is 1.44. The summed E-state index contributed by atoms with van der Waals surface area (Å²) in [4.78, 5) is 12.8. The quantitative estimate of drug-likeness (QED) is 0.343. The van der Waals surface area contributed by atoms with E-state index in [1.807, 2.05) is 0 Å². The average Bonchev–Trinajstić information content (AvgIpc) is 3.56. The van der Waals surface area contributed by atoms with Crippen molar-refractivity contribution in [1.82, 2.24) is 4.98 Å². The molecule has 3 aliphatic heterocycles. The molecule has 0 saturated carbocycles. The molecule has 3 aliphatic rings. The maximum atomic E-state index is 5.59. The standard InChI is InChI=1S/C27H27N4O2Se2/c1-3-7-20(8-4-1)24-22(34-26(28-24)30-11-15-32-16-12-30)19-23-25(21-9-5-2-6-10-21)29-27(35-23)31-13-17-33-18-14-31/h1-10,19H,11-18H2/q+1. The first kappa shape index (κ1) is 23.1. The summed E-state index contributed by atoms with van der Waals surface area (Å²) in [6.45, 7) is 6.78. The number of ether oxygens (including phenoxy) is 2. The van der Waals surface area contributed by atoms with Crippen LogP contribution in [-0.4, -0.2) is 102 Å². The molecule has 178 valence electrons. The molecular formula is C27H27N4O2Se2+. The van der Waals surface area contributed by atoms with Crippen LogP contribution in [0, 0.1) is 0 Å². The Morgan fingerprint density at radius 1 is 0.829 bits per heavy atom. The van der Waals surface area contributed by atoms with E-state index in [4.69, 9.17) is 19.5 Å². The van der Waals surface area contributed by atoms with Crippen LogP contribution in [0.3, 0.4) is 0 Å². The predicted molar refractivity (Wildman–Crippen MR) is 142 cm³/mol. The van der Waals surface area contributed by atoms with Gasteiger partial charge in [0.1, 0.15) is 0 Å². The SMILES string of the molecule is C(=C1/[Se]C(=[N+]2CCOCC2)N=C1c1ccccc1)/c1[se]c(N2CCOCC2)nc1-c1ccccc1. The van der Waals surface area contributed by atoms with E-state index >= 15 is 0 Å². The van der Waals surface area contributed by atoms with E-state index in [-0.39, 0.29) is 29.5 Å². The van der Waals surface area contributed by atoms with Gasteiger partial charge in [-0.1, -0.05) is 0 Å². The van der Waals surface area contributed by atoms with Gasteiger partial charge in [-0.3, -0.25) is 0 Å². The summed E-state index contributed by atoms with van der Waals surface area (Å²) in [5.74, 6) is 0. The van der Waals surface area contributed by atoms with Gasteiger partial charge in [-0.05, 0) is 0 Å². The summed E-state index contributed by atoms with van der Waals surface area (Å²) in [5, 5.41) is 0. The minimum atomic E-state index is 0.148. The van der Waals surface area contributed by atoms with Crippen LogP contribution in [0.4, 0.5) is 4.69 Å². The third kappa shape index (κ3) is 5.14. The van der Waals surface area contributed by atoms with Crippen molar-refractivity contribution in [2.45, 2.75) is 0 Å². The van der Waals surface area contributed by atoms with Gasteiger partial charge < -0.3 is 0 Å². The summed E-state index contributed by atoms with van der Waals surface area (Å²) in [7, 11) is 0. The molecule has 0 bridgehead atoms. The van der Waals surface area contributed by atoms with E-state index in [2.05, 4.69) is 76.2 Å². The summed E-state index contributed by atoms with van der Waals surface area (Å²) >= 11 is 0.296. The molecule has 0 spiro atoms. The number of anilines is 1. The minimum absolute atomic E-state index is 0.148. The predicted octanol–water partition coefficient (Wildman–Crippen LogP) is 2.59. The van der Waals surface area contributed by atoms with Gasteiger partial charge in [0.05, 0.1) is 0 Å². The first-order chi connectivity index (χ1) is 17.3. The fraction of sp³-hybridized carbons (Fsp3) is 0.296. The number of amidine groups is 1. The van der Waals surface area contributed by atoms with Crippen molar-refractivity contribution in [3.8, 4) is 11.3 Å². The zero-order chi connectivity index (χ0) is 23.5. The van der Waals surface area contributed by atoms with E-state index < -0.39 is 0 Å². The molecule has 6 nitrogen and oxygen atoms in total. The van der Waals surface area contributed by atoms with E-state index in [0.29, 0.717) is 0 Å². The molecule has 8 heteroatoms. The van der Waals surface area contributed by atoms with E-state index in [1.54, 1.807) is 0 Å². The summed E-state index contributed by atoms with van der Waals surface area (Å²) in [5.41, 5.74) is 4.60. The number of nitrogens with zero attached hydrogens (tertiary/aromatic N) is 4. The third-order valence-electron chi connectivity index (χ3n) is 6.20. The van der Waals surface area contributed by atoms with Crippen molar-refractivity contribution in [3.63, 3.8) is 0 Å². The van der Waals surface area contributed by atoms with Crippen LogP contribution >= 0.6 is 0 Å². The monoisotopic (exact) mass is 599 g/mol. The van der Waals surface area contributed by atoms with Gasteiger partial charge in [-0.25, -0.2) is 0 Å². The van der Waals surface area contributed by atoms with E-state index in [0.717, 1.165) is 64.0 Å². The summed E-state index contributed by atoms with van der Waals surface area (Å²) in [6, 6.07) is 21.2. The first-order valence-corrected chi connectivity index (χ1v) is 15.4. The molecule has 0 N–H and O–H groups in total. The molecule has 2 saturated heterocycles. The second-order valence-corrected chi connectivity index (χ2v) is 12.7. The number of hydrogen-bond acceptors (Lipinski definition) is 4. The van der Waals surface area contributed by atoms with Crippen molar-refractivity contribution in [1.29, 1.82) is 0 Å². The molecule has 3 aromatic rings. The fourth-order valence-electron chi connectivity index (χ4n) is 4.34. The Bertz CT molecular complexity index is 1270. The van der Waals surface area contributed by atoms with E-state index in [9.17, 15) is 0 Å². The Kier molecular flexibility index (Phi) is 7.10. The Morgan fingerprint density at radius 3 is 2.20 bits per heavy atom. The fourth-order valence-corrected chi connectivity index (χ4v) is 9.26. The van der Waals surface area contributed by atoms with Crippen molar-refractivity contribution < 1.29 is 14.0 Å². The number of morpholine rings is 2. The zero-order valence-electron chi connectivity index (χ0n) is 19.4. The number of aliphatic imine (C=N–C) groups is 1. The molecule has 1 aromatic heterocycles. The van der Waals surface area contributed by atoms with Crippen LogP contribution in [0.25, 0.3) is 17.3 Å². The number of aromatic nitrogens is 1.